The minimum absolute atomic E-state index is 0.0197. The topological polar surface area (TPSA) is 83.8 Å². The van der Waals surface area contributed by atoms with Crippen LogP contribution >= 0.6 is 22.9 Å². The molecule has 2 heterocycles. The molecule has 9 heteroatoms. The maximum atomic E-state index is 13.8. The van der Waals surface area contributed by atoms with E-state index in [9.17, 15) is 19.7 Å². The molecule has 0 fully saturated rings. The molecule has 3 aromatic rings. The number of carbonyl (C=O) groups is 2. The van der Waals surface area contributed by atoms with Gasteiger partial charge in [0, 0.05) is 29.6 Å². The highest BCUT2D eigenvalue weighted by Gasteiger charge is 2.34. The van der Waals surface area contributed by atoms with Gasteiger partial charge < -0.3 is 9.80 Å². The monoisotopic (exact) mass is 553 g/mol. The average Bonchev–Trinajstić information content (AvgIpc) is 3.36. The Kier molecular flexibility index (Phi) is 8.23. The molecule has 0 aliphatic carbocycles. The third-order valence-corrected chi connectivity index (χ3v) is 8.19. The quantitative estimate of drug-likeness (QED) is 0.243. The summed E-state index contributed by atoms with van der Waals surface area (Å²) in [4.78, 5) is 42.5. The van der Waals surface area contributed by atoms with E-state index in [0.29, 0.717) is 19.5 Å². The van der Waals surface area contributed by atoms with Crippen LogP contribution in [0.3, 0.4) is 0 Å². The van der Waals surface area contributed by atoms with Crippen LogP contribution in [0.1, 0.15) is 72.1 Å². The zero-order chi connectivity index (χ0) is 27.6. The van der Waals surface area contributed by atoms with Gasteiger partial charge in [0.05, 0.1) is 11.0 Å². The molecule has 1 unspecified atom stereocenters. The maximum absolute atomic E-state index is 13.8. The standard InChI is InChI=1S/C29H32ClN3O4S/c1-5-14-31(28(35)20-8-11-23(30)24(17-20)33(36)37)18-26(34)32-15-12-25-22(13-16-38-25)27(32)19-6-9-21(10-7-19)29(2,3)4/h6-11,13,16-17,27H,5,12,14-15,18H2,1-4H3. The number of nitro benzene ring substituents is 1. The molecule has 2 amide bonds. The summed E-state index contributed by atoms with van der Waals surface area (Å²) in [6, 6.07) is 14.3. The average molecular weight is 554 g/mol. The molecule has 1 aliphatic rings. The number of carbonyl (C=O) groups excluding carboxylic acids is 2. The first-order valence-corrected chi connectivity index (χ1v) is 14.0. The van der Waals surface area contributed by atoms with Crippen LogP contribution in [0, 0.1) is 10.1 Å². The number of hydrogen-bond donors (Lipinski definition) is 0. The largest absolute Gasteiger partial charge is 0.330 e. The summed E-state index contributed by atoms with van der Waals surface area (Å²) in [6.45, 7) is 9.23. The van der Waals surface area contributed by atoms with Crippen LogP contribution in [0.5, 0.6) is 0 Å². The first-order valence-electron chi connectivity index (χ1n) is 12.7. The van der Waals surface area contributed by atoms with E-state index < -0.39 is 10.8 Å². The molecule has 1 aromatic heterocycles. The van der Waals surface area contributed by atoms with Crippen molar-refractivity contribution in [3.8, 4) is 0 Å². The van der Waals surface area contributed by atoms with E-state index in [-0.39, 0.29) is 40.2 Å². The Hall–Kier alpha value is -3.23. The molecule has 7 nitrogen and oxygen atoms in total. The number of thiophene rings is 1. The minimum Gasteiger partial charge on any atom is -0.330 e. The van der Waals surface area contributed by atoms with Gasteiger partial charge in [0.25, 0.3) is 11.6 Å². The van der Waals surface area contributed by atoms with Crippen molar-refractivity contribution in [3.63, 3.8) is 0 Å². The number of rotatable bonds is 7. The highest BCUT2D eigenvalue weighted by atomic mass is 35.5. The lowest BCUT2D eigenvalue weighted by Gasteiger charge is -2.38. The third-order valence-electron chi connectivity index (χ3n) is 6.88. The van der Waals surface area contributed by atoms with Crippen molar-refractivity contribution in [1.82, 2.24) is 9.80 Å². The Balaban J connectivity index is 1.62. The van der Waals surface area contributed by atoms with Crippen molar-refractivity contribution in [2.45, 2.75) is 52.0 Å². The van der Waals surface area contributed by atoms with Gasteiger partial charge in [-0.25, -0.2) is 0 Å². The molecule has 1 aliphatic heterocycles. The van der Waals surface area contributed by atoms with Gasteiger partial charge in [-0.1, -0.05) is 63.6 Å². The lowest BCUT2D eigenvalue weighted by atomic mass is 9.85. The Morgan fingerprint density at radius 1 is 1.16 bits per heavy atom. The summed E-state index contributed by atoms with van der Waals surface area (Å²) in [6.07, 6.45) is 1.40. The van der Waals surface area contributed by atoms with Crippen LogP contribution in [-0.4, -0.2) is 46.2 Å². The predicted molar refractivity (Wildman–Crippen MR) is 151 cm³/mol. The summed E-state index contributed by atoms with van der Waals surface area (Å²) in [5, 5.41) is 13.4. The molecule has 200 valence electrons. The second kappa shape index (κ2) is 11.3. The van der Waals surface area contributed by atoms with Crippen LogP contribution in [0.15, 0.2) is 53.9 Å². The van der Waals surface area contributed by atoms with Crippen molar-refractivity contribution in [2.75, 3.05) is 19.6 Å². The van der Waals surface area contributed by atoms with E-state index in [4.69, 9.17) is 11.6 Å². The van der Waals surface area contributed by atoms with Crippen LogP contribution < -0.4 is 0 Å². The van der Waals surface area contributed by atoms with E-state index in [0.717, 1.165) is 17.5 Å². The summed E-state index contributed by atoms with van der Waals surface area (Å²) >= 11 is 7.64. The third kappa shape index (κ3) is 5.76. The van der Waals surface area contributed by atoms with E-state index in [2.05, 4.69) is 56.5 Å². The van der Waals surface area contributed by atoms with Crippen LogP contribution in [0.2, 0.25) is 5.02 Å². The molecule has 2 aromatic carbocycles. The number of halogens is 1. The summed E-state index contributed by atoms with van der Waals surface area (Å²) in [7, 11) is 0. The van der Waals surface area contributed by atoms with E-state index in [1.165, 1.54) is 33.5 Å². The Morgan fingerprint density at radius 2 is 1.87 bits per heavy atom. The van der Waals surface area contributed by atoms with Gasteiger partial charge in [0.15, 0.2) is 0 Å². The molecule has 4 rings (SSSR count). The van der Waals surface area contributed by atoms with E-state index >= 15 is 0 Å². The molecule has 0 bridgehead atoms. The number of nitro groups is 1. The molecule has 0 saturated heterocycles. The van der Waals surface area contributed by atoms with Crippen LogP contribution in [-0.2, 0) is 16.6 Å². The number of amides is 2. The maximum Gasteiger partial charge on any atom is 0.288 e. The fraction of sp³-hybridized carbons (Fsp3) is 0.379. The number of fused-ring (bicyclic) bond motifs is 1. The zero-order valence-corrected chi connectivity index (χ0v) is 23.6. The first kappa shape index (κ1) is 27.8. The smallest absolute Gasteiger partial charge is 0.288 e. The fourth-order valence-electron chi connectivity index (χ4n) is 4.85. The first-order chi connectivity index (χ1) is 18.0. The van der Waals surface area contributed by atoms with Crippen molar-refractivity contribution in [2.24, 2.45) is 0 Å². The zero-order valence-electron chi connectivity index (χ0n) is 22.1. The summed E-state index contributed by atoms with van der Waals surface area (Å²) < 4.78 is 0. The molecular formula is C29H32ClN3O4S. The SMILES string of the molecule is CCCN(CC(=O)N1CCc2sccc2C1c1ccc(C(C)(C)C)cc1)C(=O)c1ccc(Cl)c([N+](=O)[O-])c1. The van der Waals surface area contributed by atoms with Gasteiger partial charge in [-0.05, 0) is 58.5 Å². The molecule has 1 atom stereocenters. The molecule has 0 saturated carbocycles. The second-order valence-corrected chi connectivity index (χ2v) is 12.0. The highest BCUT2D eigenvalue weighted by molar-refractivity contribution is 7.10. The molecule has 0 spiro atoms. The molecule has 0 radical (unpaired) electrons. The molecule has 38 heavy (non-hydrogen) atoms. The Labute approximate surface area is 232 Å². The normalized spacial score (nSPS) is 15.2. The molecule has 0 N–H and O–H groups in total. The lowest BCUT2D eigenvalue weighted by molar-refractivity contribution is -0.384. The van der Waals surface area contributed by atoms with Crippen LogP contribution in [0.4, 0.5) is 5.69 Å². The van der Waals surface area contributed by atoms with Gasteiger partial charge in [0.1, 0.15) is 11.6 Å². The fourth-order valence-corrected chi connectivity index (χ4v) is 5.94. The summed E-state index contributed by atoms with van der Waals surface area (Å²) in [5.74, 6) is -0.587. The van der Waals surface area contributed by atoms with E-state index in [1.807, 2.05) is 11.8 Å². The molecular weight excluding hydrogens is 522 g/mol. The van der Waals surface area contributed by atoms with Gasteiger partial charge in [-0.15, -0.1) is 11.3 Å². The number of hydrogen-bond acceptors (Lipinski definition) is 5. The predicted octanol–water partition coefficient (Wildman–Crippen LogP) is 6.63. The van der Waals surface area contributed by atoms with Crippen molar-refractivity contribution in [1.29, 1.82) is 0 Å². The van der Waals surface area contributed by atoms with Crippen LogP contribution in [0.25, 0.3) is 0 Å². The van der Waals surface area contributed by atoms with Crippen molar-refractivity contribution < 1.29 is 14.5 Å². The number of benzene rings is 2. The van der Waals surface area contributed by atoms with Gasteiger partial charge >= 0.3 is 0 Å². The summed E-state index contributed by atoms with van der Waals surface area (Å²) in [5.41, 5.74) is 3.20. The Morgan fingerprint density at radius 3 is 2.50 bits per heavy atom. The van der Waals surface area contributed by atoms with Crippen molar-refractivity contribution in [3.05, 3.63) is 96.2 Å². The second-order valence-electron chi connectivity index (χ2n) is 10.6. The Bertz CT molecular complexity index is 1350. The lowest BCUT2D eigenvalue weighted by Crippen LogP contribution is -2.47. The number of nitrogens with zero attached hydrogens (tertiary/aromatic N) is 3. The highest BCUT2D eigenvalue weighted by Crippen LogP contribution is 2.38. The van der Waals surface area contributed by atoms with Gasteiger partial charge in [0.2, 0.25) is 5.91 Å². The minimum atomic E-state index is -0.615. The van der Waals surface area contributed by atoms with E-state index in [1.54, 1.807) is 11.3 Å². The van der Waals surface area contributed by atoms with Crippen molar-refractivity contribution >= 4 is 40.4 Å². The van der Waals surface area contributed by atoms with Gasteiger partial charge in [-0.2, -0.15) is 0 Å². The van der Waals surface area contributed by atoms with Gasteiger partial charge in [-0.3, -0.25) is 19.7 Å².